The van der Waals surface area contributed by atoms with E-state index in [9.17, 15) is 9.59 Å². The van der Waals surface area contributed by atoms with Crippen LogP contribution in [0.5, 0.6) is 0 Å². The molecule has 1 unspecified atom stereocenters. The second kappa shape index (κ2) is 11.0. The number of carbonyl (C=O) groups is 2. The van der Waals surface area contributed by atoms with E-state index in [1.54, 1.807) is 19.1 Å². The molecule has 2 aromatic rings. The highest BCUT2D eigenvalue weighted by Gasteiger charge is 2.32. The van der Waals surface area contributed by atoms with Crippen LogP contribution in [0.25, 0.3) is 11.4 Å². The van der Waals surface area contributed by atoms with E-state index in [0.29, 0.717) is 47.5 Å². The number of rotatable bonds is 8. The summed E-state index contributed by atoms with van der Waals surface area (Å²) in [6, 6.07) is 6.66. The van der Waals surface area contributed by atoms with Gasteiger partial charge in [-0.15, -0.1) is 0 Å². The highest BCUT2D eigenvalue weighted by atomic mass is 35.5. The maximum Gasteiger partial charge on any atom is 0.337 e. The Hall–Kier alpha value is -2.95. The summed E-state index contributed by atoms with van der Waals surface area (Å²) in [5, 5.41) is 10.4. The summed E-state index contributed by atoms with van der Waals surface area (Å²) in [7, 11) is 0. The highest BCUT2D eigenvalue weighted by Crippen LogP contribution is 2.21. The van der Waals surface area contributed by atoms with Crippen molar-refractivity contribution < 1.29 is 18.8 Å². The number of carbonyl (C=O) groups excluding carboxylic acids is 2. The third-order valence-electron chi connectivity index (χ3n) is 5.92. The monoisotopic (exact) mass is 488 g/mol. The molecule has 1 saturated heterocycles. The van der Waals surface area contributed by atoms with Crippen molar-refractivity contribution in [2.45, 2.75) is 32.9 Å². The minimum atomic E-state index is -0.386. The van der Waals surface area contributed by atoms with Crippen molar-refractivity contribution in [2.24, 2.45) is 0 Å². The maximum atomic E-state index is 12.6. The van der Waals surface area contributed by atoms with E-state index in [1.807, 2.05) is 19.1 Å². The van der Waals surface area contributed by atoms with Crippen LogP contribution in [0.1, 0.15) is 26.2 Å². The molecule has 1 atom stereocenters. The fraction of sp³-hybridized carbons (Fsp3) is 0.478. The van der Waals surface area contributed by atoms with Crippen molar-refractivity contribution in [2.75, 3.05) is 39.3 Å². The van der Waals surface area contributed by atoms with Gasteiger partial charge < -0.3 is 19.9 Å². The van der Waals surface area contributed by atoms with E-state index in [2.05, 4.69) is 30.6 Å². The first-order valence-corrected chi connectivity index (χ1v) is 11.9. The van der Waals surface area contributed by atoms with E-state index in [-0.39, 0.29) is 24.6 Å². The molecule has 2 aliphatic rings. The molecule has 0 spiro atoms. The average Bonchev–Trinajstić information content (AvgIpc) is 3.29. The first-order chi connectivity index (χ1) is 16.5. The molecule has 2 aliphatic heterocycles. The van der Waals surface area contributed by atoms with E-state index in [0.717, 1.165) is 31.7 Å². The molecule has 0 aliphatic carbocycles. The van der Waals surface area contributed by atoms with Gasteiger partial charge in [0.1, 0.15) is 0 Å². The first-order valence-electron chi connectivity index (χ1n) is 11.5. The zero-order chi connectivity index (χ0) is 24.1. The van der Waals surface area contributed by atoms with Crippen LogP contribution in [0, 0.1) is 0 Å². The van der Waals surface area contributed by atoms with Gasteiger partial charge in [0, 0.05) is 49.0 Å². The third kappa shape index (κ3) is 5.75. The van der Waals surface area contributed by atoms with Crippen LogP contribution in [0.3, 0.4) is 0 Å². The summed E-state index contributed by atoms with van der Waals surface area (Å²) >= 11 is 5.94. The van der Waals surface area contributed by atoms with Gasteiger partial charge in [-0.3, -0.25) is 9.80 Å². The lowest BCUT2D eigenvalue weighted by atomic mass is 10.00. The van der Waals surface area contributed by atoms with E-state index in [4.69, 9.17) is 20.9 Å². The number of ether oxygens (including phenoxy) is 1. The summed E-state index contributed by atoms with van der Waals surface area (Å²) < 4.78 is 10.7. The minimum Gasteiger partial charge on any atom is -0.463 e. The average molecular weight is 489 g/mol. The molecule has 4 rings (SSSR count). The molecular weight excluding hydrogens is 460 g/mol. The summed E-state index contributed by atoms with van der Waals surface area (Å²) in [6.45, 7) is 8.17. The summed E-state index contributed by atoms with van der Waals surface area (Å²) in [4.78, 5) is 33.7. The van der Waals surface area contributed by atoms with Crippen LogP contribution in [-0.4, -0.2) is 77.3 Å². The summed E-state index contributed by atoms with van der Waals surface area (Å²) in [6.07, 6.45) is 0.612. The van der Waals surface area contributed by atoms with Gasteiger partial charge in [0.25, 0.3) is 0 Å². The molecular formula is C23H29ClN6O4. The lowest BCUT2D eigenvalue weighted by Gasteiger charge is -2.36. The van der Waals surface area contributed by atoms with Crippen molar-refractivity contribution in [3.63, 3.8) is 0 Å². The van der Waals surface area contributed by atoms with Crippen molar-refractivity contribution >= 4 is 23.6 Å². The molecule has 2 amide bonds. The Morgan fingerprint density at radius 1 is 1.15 bits per heavy atom. The lowest BCUT2D eigenvalue weighted by molar-refractivity contribution is -0.139. The Kier molecular flexibility index (Phi) is 7.81. The van der Waals surface area contributed by atoms with Crippen LogP contribution in [0.2, 0.25) is 5.02 Å². The van der Waals surface area contributed by atoms with Crippen LogP contribution >= 0.6 is 11.6 Å². The molecule has 1 aromatic heterocycles. The first kappa shape index (κ1) is 24.2. The fourth-order valence-electron chi connectivity index (χ4n) is 4.14. The quantitative estimate of drug-likeness (QED) is 0.545. The number of nitrogens with one attached hydrogen (secondary N) is 2. The number of amides is 2. The van der Waals surface area contributed by atoms with Gasteiger partial charge in [0.2, 0.25) is 11.7 Å². The Labute approximate surface area is 203 Å². The van der Waals surface area contributed by atoms with Gasteiger partial charge in [-0.05, 0) is 37.6 Å². The van der Waals surface area contributed by atoms with Gasteiger partial charge in [0.15, 0.2) is 0 Å². The second-order valence-electron chi connectivity index (χ2n) is 8.24. The zero-order valence-electron chi connectivity index (χ0n) is 19.3. The molecule has 0 bridgehead atoms. The molecule has 2 N–H and O–H groups in total. The molecule has 1 aromatic carbocycles. The molecule has 3 heterocycles. The molecule has 182 valence electrons. The second-order valence-corrected chi connectivity index (χ2v) is 8.68. The number of piperazine rings is 1. The van der Waals surface area contributed by atoms with E-state index >= 15 is 0 Å². The Morgan fingerprint density at radius 3 is 2.47 bits per heavy atom. The van der Waals surface area contributed by atoms with Gasteiger partial charge in [0.05, 0.1) is 24.8 Å². The SMILES string of the molecule is CCOC(=O)C1=C(CN2CCN(Cc3nc(-c4ccc(Cl)cc4)no3)CC2)NC(=O)NC1CC. The number of urea groups is 1. The number of benzene rings is 1. The Bertz CT molecular complexity index is 1050. The molecule has 10 nitrogen and oxygen atoms in total. The molecule has 11 heteroatoms. The van der Waals surface area contributed by atoms with E-state index in [1.165, 1.54) is 0 Å². The van der Waals surface area contributed by atoms with Gasteiger partial charge in [-0.25, -0.2) is 9.59 Å². The molecule has 1 fully saturated rings. The maximum absolute atomic E-state index is 12.6. The van der Waals surface area contributed by atoms with Crippen LogP contribution < -0.4 is 10.6 Å². The number of aromatic nitrogens is 2. The van der Waals surface area contributed by atoms with Crippen molar-refractivity contribution in [1.82, 2.24) is 30.6 Å². The lowest BCUT2D eigenvalue weighted by Crippen LogP contribution is -2.53. The van der Waals surface area contributed by atoms with Crippen LogP contribution in [0.15, 0.2) is 40.1 Å². The third-order valence-corrected chi connectivity index (χ3v) is 6.17. The molecule has 34 heavy (non-hydrogen) atoms. The topological polar surface area (TPSA) is 113 Å². The Morgan fingerprint density at radius 2 is 1.82 bits per heavy atom. The van der Waals surface area contributed by atoms with Crippen LogP contribution in [-0.2, 0) is 16.1 Å². The van der Waals surface area contributed by atoms with Crippen molar-refractivity contribution in [3.05, 3.63) is 46.4 Å². The summed E-state index contributed by atoms with van der Waals surface area (Å²) in [5.41, 5.74) is 1.98. The standard InChI is InChI=1S/C23H29ClN6O4/c1-3-17-20(22(31)33-4-2)18(26-23(32)25-17)13-29-9-11-30(12-10-29)14-19-27-21(28-34-19)15-5-7-16(24)8-6-15/h5-8,17H,3-4,9-14H2,1-2H3,(H2,25,26,32). The van der Waals surface area contributed by atoms with Gasteiger partial charge in [-0.2, -0.15) is 4.98 Å². The fourth-order valence-corrected chi connectivity index (χ4v) is 4.27. The Balaban J connectivity index is 1.35. The minimum absolute atomic E-state index is 0.286. The molecule has 0 saturated carbocycles. The predicted octanol–water partition coefficient (Wildman–Crippen LogP) is 2.42. The number of halogens is 1. The predicted molar refractivity (Wildman–Crippen MR) is 126 cm³/mol. The van der Waals surface area contributed by atoms with Crippen LogP contribution in [0.4, 0.5) is 4.79 Å². The smallest absolute Gasteiger partial charge is 0.337 e. The van der Waals surface area contributed by atoms with E-state index < -0.39 is 0 Å². The van der Waals surface area contributed by atoms with Gasteiger partial charge >= 0.3 is 12.0 Å². The number of esters is 1. The van der Waals surface area contributed by atoms with Crippen molar-refractivity contribution in [1.29, 1.82) is 0 Å². The molecule has 0 radical (unpaired) electrons. The largest absolute Gasteiger partial charge is 0.463 e. The summed E-state index contributed by atoms with van der Waals surface area (Å²) in [5.74, 6) is 0.710. The number of nitrogens with zero attached hydrogens (tertiary/aromatic N) is 4. The van der Waals surface area contributed by atoms with Crippen molar-refractivity contribution in [3.8, 4) is 11.4 Å². The van der Waals surface area contributed by atoms with Gasteiger partial charge in [-0.1, -0.05) is 23.7 Å². The number of hydrogen-bond acceptors (Lipinski definition) is 8. The zero-order valence-corrected chi connectivity index (χ0v) is 20.1. The normalized spacial score (nSPS) is 19.6. The number of hydrogen-bond donors (Lipinski definition) is 2. The highest BCUT2D eigenvalue weighted by molar-refractivity contribution is 6.30.